The lowest BCUT2D eigenvalue weighted by Crippen LogP contribution is -2.26. The Labute approximate surface area is 105 Å². The number of hydrogen-bond donors (Lipinski definition) is 1. The summed E-state index contributed by atoms with van der Waals surface area (Å²) in [4.78, 5) is 11.9. The summed E-state index contributed by atoms with van der Waals surface area (Å²) in [6.45, 7) is 5.26. The second kappa shape index (κ2) is 4.74. The number of hydrogen-bond acceptors (Lipinski definition) is 2. The van der Waals surface area contributed by atoms with Crippen LogP contribution in [0.5, 0.6) is 0 Å². The van der Waals surface area contributed by atoms with Crippen molar-refractivity contribution in [2.24, 2.45) is 5.41 Å². The number of Topliss-reactive ketones (excluding diaryl/α,β-unsaturated/α-hetero) is 1. The van der Waals surface area contributed by atoms with Crippen LogP contribution in [0.3, 0.4) is 0 Å². The highest BCUT2D eigenvalue weighted by molar-refractivity contribution is 6.35. The molecule has 1 unspecified atom stereocenters. The zero-order chi connectivity index (χ0) is 12.5. The molecule has 0 aliphatic heterocycles. The van der Waals surface area contributed by atoms with E-state index in [4.69, 9.17) is 23.2 Å². The minimum atomic E-state index is -1.20. The Balaban J connectivity index is 3.06. The van der Waals surface area contributed by atoms with Crippen molar-refractivity contribution in [2.75, 3.05) is 0 Å². The quantitative estimate of drug-likeness (QED) is 0.882. The van der Waals surface area contributed by atoms with Gasteiger partial charge in [0, 0.05) is 21.0 Å². The molecule has 1 aromatic carbocycles. The van der Waals surface area contributed by atoms with Gasteiger partial charge in [-0.05, 0) is 12.1 Å². The fourth-order valence-electron chi connectivity index (χ4n) is 1.27. The van der Waals surface area contributed by atoms with Crippen molar-refractivity contribution in [1.82, 2.24) is 0 Å². The van der Waals surface area contributed by atoms with E-state index in [1.165, 1.54) is 6.07 Å². The lowest BCUT2D eigenvalue weighted by atomic mass is 9.85. The topological polar surface area (TPSA) is 37.3 Å². The maximum Gasteiger partial charge on any atom is 0.171 e. The Bertz CT molecular complexity index is 408. The lowest BCUT2D eigenvalue weighted by Gasteiger charge is -2.21. The summed E-state index contributed by atoms with van der Waals surface area (Å²) in [7, 11) is 0. The predicted molar refractivity (Wildman–Crippen MR) is 65.9 cm³/mol. The second-order valence-corrected chi connectivity index (χ2v) is 5.53. The van der Waals surface area contributed by atoms with Gasteiger partial charge in [0.05, 0.1) is 0 Å². The first-order valence-electron chi connectivity index (χ1n) is 4.91. The van der Waals surface area contributed by atoms with Crippen molar-refractivity contribution in [3.8, 4) is 0 Å². The van der Waals surface area contributed by atoms with Gasteiger partial charge in [0.1, 0.15) is 6.10 Å². The minimum Gasteiger partial charge on any atom is -0.380 e. The van der Waals surface area contributed by atoms with E-state index < -0.39 is 11.5 Å². The van der Waals surface area contributed by atoms with Gasteiger partial charge in [-0.25, -0.2) is 0 Å². The van der Waals surface area contributed by atoms with Gasteiger partial charge in [-0.15, -0.1) is 0 Å². The molecule has 0 bridgehead atoms. The number of benzene rings is 1. The molecular formula is C12H14Cl2O2. The molecule has 1 N–H and O–H groups in total. The van der Waals surface area contributed by atoms with Gasteiger partial charge in [0.2, 0.25) is 0 Å². The summed E-state index contributed by atoms with van der Waals surface area (Å²) in [5.41, 5.74) is -0.214. The molecule has 0 aliphatic rings. The average molecular weight is 261 g/mol. The van der Waals surface area contributed by atoms with Gasteiger partial charge in [-0.2, -0.15) is 0 Å². The third-order valence-electron chi connectivity index (χ3n) is 2.24. The molecule has 0 aromatic heterocycles. The van der Waals surface area contributed by atoms with Gasteiger partial charge in [-0.3, -0.25) is 4.79 Å². The van der Waals surface area contributed by atoms with Crippen molar-refractivity contribution in [2.45, 2.75) is 26.9 Å². The van der Waals surface area contributed by atoms with Gasteiger partial charge in [0.25, 0.3) is 0 Å². The van der Waals surface area contributed by atoms with Crippen LogP contribution < -0.4 is 0 Å². The summed E-state index contributed by atoms with van der Waals surface area (Å²) in [6.07, 6.45) is -1.20. The Morgan fingerprint density at radius 3 is 2.31 bits per heavy atom. The monoisotopic (exact) mass is 260 g/mol. The number of aliphatic hydroxyl groups excluding tert-OH is 1. The maximum absolute atomic E-state index is 11.9. The normalized spacial score (nSPS) is 13.6. The first-order valence-corrected chi connectivity index (χ1v) is 5.66. The molecular weight excluding hydrogens is 247 g/mol. The number of rotatable bonds is 2. The molecule has 1 aromatic rings. The van der Waals surface area contributed by atoms with E-state index in [0.717, 1.165) is 0 Å². The number of halogens is 2. The largest absolute Gasteiger partial charge is 0.380 e. The standard InChI is InChI=1S/C12H14Cl2O2/c1-12(2,3)11(16)10(15)8-5-4-7(13)6-9(8)14/h4-6,10,15H,1-3H3. The average Bonchev–Trinajstić information content (AvgIpc) is 2.14. The molecule has 0 spiro atoms. The number of carbonyl (C=O) groups is 1. The molecule has 0 aliphatic carbocycles. The van der Waals surface area contributed by atoms with Crippen LogP contribution in [0.15, 0.2) is 18.2 Å². The van der Waals surface area contributed by atoms with Gasteiger partial charge in [-0.1, -0.05) is 50.0 Å². The fourth-order valence-corrected chi connectivity index (χ4v) is 1.79. The Kier molecular flexibility index (Phi) is 4.00. The smallest absolute Gasteiger partial charge is 0.171 e. The van der Waals surface area contributed by atoms with E-state index in [9.17, 15) is 9.90 Å². The molecule has 0 radical (unpaired) electrons. The number of ketones is 1. The molecule has 4 heteroatoms. The molecule has 1 atom stereocenters. The third kappa shape index (κ3) is 2.97. The first-order chi connectivity index (χ1) is 7.23. The van der Waals surface area contributed by atoms with Crippen molar-refractivity contribution in [3.63, 3.8) is 0 Å². The highest BCUT2D eigenvalue weighted by Gasteiger charge is 2.30. The van der Waals surface area contributed by atoms with E-state index >= 15 is 0 Å². The third-order valence-corrected chi connectivity index (χ3v) is 2.81. The summed E-state index contributed by atoms with van der Waals surface area (Å²) >= 11 is 11.7. The van der Waals surface area contributed by atoms with Gasteiger partial charge in [0.15, 0.2) is 5.78 Å². The zero-order valence-corrected chi connectivity index (χ0v) is 10.9. The fraction of sp³-hybridized carbons (Fsp3) is 0.417. The van der Waals surface area contributed by atoms with Crippen LogP contribution >= 0.6 is 23.2 Å². The predicted octanol–water partition coefficient (Wildman–Crippen LogP) is 3.64. The second-order valence-electron chi connectivity index (χ2n) is 4.68. The van der Waals surface area contributed by atoms with Crippen LogP contribution in [0.25, 0.3) is 0 Å². The Hall–Kier alpha value is -0.570. The van der Waals surface area contributed by atoms with E-state index in [0.29, 0.717) is 15.6 Å². The molecule has 0 saturated heterocycles. The molecule has 0 fully saturated rings. The summed E-state index contributed by atoms with van der Waals surface area (Å²) in [6, 6.07) is 4.68. The van der Waals surface area contributed by atoms with Crippen molar-refractivity contribution in [1.29, 1.82) is 0 Å². The van der Waals surface area contributed by atoms with Crippen LogP contribution in [-0.4, -0.2) is 10.9 Å². The number of carbonyl (C=O) groups excluding carboxylic acids is 1. The van der Waals surface area contributed by atoms with Crippen LogP contribution in [0, 0.1) is 5.41 Å². The number of aliphatic hydroxyl groups is 1. The van der Waals surface area contributed by atoms with E-state index in [-0.39, 0.29) is 5.78 Å². The lowest BCUT2D eigenvalue weighted by molar-refractivity contribution is -0.135. The molecule has 0 heterocycles. The first kappa shape index (κ1) is 13.5. The highest BCUT2D eigenvalue weighted by Crippen LogP contribution is 2.31. The molecule has 0 saturated carbocycles. The summed E-state index contributed by atoms with van der Waals surface area (Å²) in [5.74, 6) is -0.267. The van der Waals surface area contributed by atoms with E-state index in [1.807, 2.05) is 0 Å². The van der Waals surface area contributed by atoms with Gasteiger partial charge >= 0.3 is 0 Å². The summed E-state index contributed by atoms with van der Waals surface area (Å²) in [5, 5.41) is 10.7. The molecule has 0 amide bonds. The van der Waals surface area contributed by atoms with E-state index in [2.05, 4.69) is 0 Å². The Morgan fingerprint density at radius 2 is 1.88 bits per heavy atom. The van der Waals surface area contributed by atoms with Crippen LogP contribution in [0.1, 0.15) is 32.4 Å². The van der Waals surface area contributed by atoms with Crippen LogP contribution in [0.4, 0.5) is 0 Å². The van der Waals surface area contributed by atoms with Gasteiger partial charge < -0.3 is 5.11 Å². The summed E-state index contributed by atoms with van der Waals surface area (Å²) < 4.78 is 0. The molecule has 1 rings (SSSR count). The molecule has 88 valence electrons. The maximum atomic E-state index is 11.9. The Morgan fingerprint density at radius 1 is 1.31 bits per heavy atom. The highest BCUT2D eigenvalue weighted by atomic mass is 35.5. The zero-order valence-electron chi connectivity index (χ0n) is 9.42. The minimum absolute atomic E-state index is 0.267. The van der Waals surface area contributed by atoms with Crippen LogP contribution in [0.2, 0.25) is 10.0 Å². The van der Waals surface area contributed by atoms with Crippen molar-refractivity contribution in [3.05, 3.63) is 33.8 Å². The van der Waals surface area contributed by atoms with Crippen LogP contribution in [-0.2, 0) is 4.79 Å². The molecule has 2 nitrogen and oxygen atoms in total. The molecule has 16 heavy (non-hydrogen) atoms. The van der Waals surface area contributed by atoms with E-state index in [1.54, 1.807) is 32.9 Å². The van der Waals surface area contributed by atoms with Crippen molar-refractivity contribution < 1.29 is 9.90 Å². The van der Waals surface area contributed by atoms with Crippen molar-refractivity contribution >= 4 is 29.0 Å². The SMILES string of the molecule is CC(C)(C)C(=O)C(O)c1ccc(Cl)cc1Cl.